The smallest absolute Gasteiger partial charge is 0.326 e. The van der Waals surface area contributed by atoms with Gasteiger partial charge in [-0.3, -0.25) is 4.79 Å². The van der Waals surface area contributed by atoms with Crippen LogP contribution in [-0.4, -0.2) is 48.9 Å². The van der Waals surface area contributed by atoms with Gasteiger partial charge in [0.25, 0.3) is 0 Å². The highest BCUT2D eigenvalue weighted by Gasteiger charge is 2.28. The van der Waals surface area contributed by atoms with E-state index < -0.39 is 18.1 Å². The Morgan fingerprint density at radius 2 is 2.09 bits per heavy atom. The molecule has 0 aromatic carbocycles. The van der Waals surface area contributed by atoms with E-state index in [1.54, 1.807) is 0 Å². The Labute approximate surface area is 132 Å². The molecule has 1 aliphatic carbocycles. The van der Waals surface area contributed by atoms with E-state index in [1.165, 1.54) is 13.5 Å². The van der Waals surface area contributed by atoms with Crippen molar-refractivity contribution in [2.75, 3.05) is 13.7 Å². The van der Waals surface area contributed by atoms with Crippen LogP contribution in [0.5, 0.6) is 0 Å². The lowest BCUT2D eigenvalue weighted by atomic mass is 9.88. The highest BCUT2D eigenvalue weighted by molar-refractivity contribution is 5.86. The van der Waals surface area contributed by atoms with Crippen LogP contribution >= 0.6 is 0 Å². The minimum Gasteiger partial charge on any atom is -0.480 e. The number of carbonyl (C=O) groups is 2. The second-order valence-electron chi connectivity index (χ2n) is 6.11. The molecule has 0 aromatic rings. The van der Waals surface area contributed by atoms with E-state index in [2.05, 4.69) is 12.2 Å². The number of nitrogens with one attached hydrogen (secondary N) is 1. The Bertz CT molecular complexity index is 360. The first-order chi connectivity index (χ1) is 10.5. The average Bonchev–Trinajstić information content (AvgIpc) is 2.48. The van der Waals surface area contributed by atoms with Gasteiger partial charge in [-0.15, -0.1) is 0 Å². The molecule has 2 N–H and O–H groups in total. The molecule has 1 fully saturated rings. The summed E-state index contributed by atoms with van der Waals surface area (Å²) in [6.45, 7) is 4.36. The van der Waals surface area contributed by atoms with E-state index in [0.29, 0.717) is 12.3 Å². The molecule has 0 aliphatic heterocycles. The van der Waals surface area contributed by atoms with Crippen LogP contribution in [0.15, 0.2) is 0 Å². The van der Waals surface area contributed by atoms with Gasteiger partial charge in [0.2, 0.25) is 5.91 Å². The minimum atomic E-state index is -1.05. The lowest BCUT2D eigenvalue weighted by Gasteiger charge is -2.30. The summed E-state index contributed by atoms with van der Waals surface area (Å²) in [6.07, 6.45) is 4.56. The monoisotopic (exact) mass is 315 g/mol. The number of hydrogen-bond acceptors (Lipinski definition) is 4. The number of amides is 1. The molecule has 0 spiro atoms. The third kappa shape index (κ3) is 6.32. The quantitative estimate of drug-likeness (QED) is 0.679. The first-order valence-electron chi connectivity index (χ1n) is 8.15. The van der Waals surface area contributed by atoms with Gasteiger partial charge in [0.15, 0.2) is 0 Å². The summed E-state index contributed by atoms with van der Waals surface area (Å²) < 4.78 is 10.8. The Balaban J connectivity index is 2.53. The number of carbonyl (C=O) groups excluding carboxylic acids is 1. The molecule has 1 amide bonds. The number of carboxylic acids is 1. The Morgan fingerprint density at radius 1 is 1.36 bits per heavy atom. The molecule has 0 heterocycles. The molecule has 0 radical (unpaired) electrons. The van der Waals surface area contributed by atoms with Gasteiger partial charge < -0.3 is 19.9 Å². The molecule has 6 heteroatoms. The molecule has 6 nitrogen and oxygen atoms in total. The van der Waals surface area contributed by atoms with Gasteiger partial charge in [0, 0.05) is 20.1 Å². The molecular weight excluding hydrogens is 286 g/mol. The number of rotatable bonds is 9. The maximum atomic E-state index is 12.3. The van der Waals surface area contributed by atoms with Crippen molar-refractivity contribution < 1.29 is 24.2 Å². The van der Waals surface area contributed by atoms with Crippen molar-refractivity contribution >= 4 is 11.9 Å². The van der Waals surface area contributed by atoms with Crippen molar-refractivity contribution in [3.05, 3.63) is 0 Å². The maximum Gasteiger partial charge on any atom is 0.326 e. The van der Waals surface area contributed by atoms with E-state index in [-0.39, 0.29) is 25.0 Å². The number of hydrogen-bond donors (Lipinski definition) is 2. The second-order valence-corrected chi connectivity index (χ2v) is 6.11. The first-order valence-corrected chi connectivity index (χ1v) is 8.15. The zero-order valence-electron chi connectivity index (χ0n) is 13.8. The lowest BCUT2D eigenvalue weighted by molar-refractivity contribution is -0.147. The number of ether oxygens (including phenoxy) is 2. The molecule has 128 valence electrons. The van der Waals surface area contributed by atoms with Crippen LogP contribution in [0.25, 0.3) is 0 Å². The van der Waals surface area contributed by atoms with Gasteiger partial charge in [-0.2, -0.15) is 0 Å². The van der Waals surface area contributed by atoms with Gasteiger partial charge in [0.1, 0.15) is 12.1 Å². The standard InChI is InChI=1S/C16H29NO5/c1-4-14(22-12-7-5-6-11(2)10-12)15(18)17-13(16(19)20)8-9-21-3/h11-14H,4-10H2,1-3H3,(H,17,18)(H,19,20). The molecule has 1 aliphatic rings. The van der Waals surface area contributed by atoms with E-state index >= 15 is 0 Å². The van der Waals surface area contributed by atoms with Crippen LogP contribution in [0.1, 0.15) is 52.4 Å². The molecule has 4 atom stereocenters. The molecular formula is C16H29NO5. The van der Waals surface area contributed by atoms with Crippen molar-refractivity contribution in [3.63, 3.8) is 0 Å². The Morgan fingerprint density at radius 3 is 2.64 bits per heavy atom. The normalized spacial score (nSPS) is 24.5. The predicted octanol–water partition coefficient (Wildman–Crippen LogP) is 1.97. The first kappa shape index (κ1) is 18.9. The minimum absolute atomic E-state index is 0.0988. The van der Waals surface area contributed by atoms with Crippen molar-refractivity contribution in [2.24, 2.45) is 5.92 Å². The highest BCUT2D eigenvalue weighted by atomic mass is 16.5. The van der Waals surface area contributed by atoms with Crippen molar-refractivity contribution in [1.29, 1.82) is 0 Å². The van der Waals surface area contributed by atoms with Gasteiger partial charge in [0.05, 0.1) is 6.10 Å². The topological polar surface area (TPSA) is 84.9 Å². The van der Waals surface area contributed by atoms with Crippen LogP contribution in [0, 0.1) is 5.92 Å². The summed E-state index contributed by atoms with van der Waals surface area (Å²) in [7, 11) is 1.50. The number of aliphatic carboxylic acids is 1. The van der Waals surface area contributed by atoms with Crippen LogP contribution < -0.4 is 5.32 Å². The molecule has 22 heavy (non-hydrogen) atoms. The van der Waals surface area contributed by atoms with Crippen molar-refractivity contribution in [3.8, 4) is 0 Å². The zero-order valence-corrected chi connectivity index (χ0v) is 13.8. The Kier molecular flexibility index (Phi) is 8.42. The third-order valence-electron chi connectivity index (χ3n) is 4.13. The summed E-state index contributed by atoms with van der Waals surface area (Å²) in [4.78, 5) is 23.4. The molecule has 0 aromatic heterocycles. The van der Waals surface area contributed by atoms with E-state index in [0.717, 1.165) is 19.3 Å². The number of methoxy groups -OCH3 is 1. The molecule has 0 bridgehead atoms. The fourth-order valence-corrected chi connectivity index (χ4v) is 2.84. The summed E-state index contributed by atoms with van der Waals surface area (Å²) in [5.41, 5.74) is 0. The highest BCUT2D eigenvalue weighted by Crippen LogP contribution is 2.27. The van der Waals surface area contributed by atoms with E-state index in [4.69, 9.17) is 14.6 Å². The van der Waals surface area contributed by atoms with Crippen LogP contribution in [-0.2, 0) is 19.1 Å². The number of carboxylic acid groups (broad SMARTS) is 1. The summed E-state index contributed by atoms with van der Waals surface area (Å²) in [5.74, 6) is -0.774. The van der Waals surface area contributed by atoms with E-state index in [9.17, 15) is 9.59 Å². The second kappa shape index (κ2) is 9.79. The van der Waals surface area contributed by atoms with Crippen LogP contribution in [0.4, 0.5) is 0 Å². The van der Waals surface area contributed by atoms with Gasteiger partial charge in [-0.25, -0.2) is 4.79 Å². The van der Waals surface area contributed by atoms with Gasteiger partial charge >= 0.3 is 5.97 Å². The van der Waals surface area contributed by atoms with E-state index in [1.807, 2.05) is 6.92 Å². The fourth-order valence-electron chi connectivity index (χ4n) is 2.84. The predicted molar refractivity (Wildman–Crippen MR) is 82.6 cm³/mol. The maximum absolute atomic E-state index is 12.3. The molecule has 4 unspecified atom stereocenters. The van der Waals surface area contributed by atoms with Crippen molar-refractivity contribution in [1.82, 2.24) is 5.32 Å². The van der Waals surface area contributed by atoms with Crippen LogP contribution in [0.3, 0.4) is 0 Å². The Hall–Kier alpha value is -1.14. The average molecular weight is 315 g/mol. The lowest BCUT2D eigenvalue weighted by Crippen LogP contribution is -2.47. The SMILES string of the molecule is CCC(OC1CCCC(C)C1)C(=O)NC(CCOC)C(=O)O. The molecule has 1 rings (SSSR count). The van der Waals surface area contributed by atoms with Gasteiger partial charge in [-0.1, -0.05) is 26.7 Å². The summed E-state index contributed by atoms with van der Waals surface area (Å²) in [5, 5.41) is 11.7. The third-order valence-corrected chi connectivity index (χ3v) is 4.13. The largest absolute Gasteiger partial charge is 0.480 e. The van der Waals surface area contributed by atoms with Crippen LogP contribution in [0.2, 0.25) is 0 Å². The zero-order chi connectivity index (χ0) is 16.5. The summed E-state index contributed by atoms with van der Waals surface area (Å²) >= 11 is 0. The van der Waals surface area contributed by atoms with Gasteiger partial charge in [-0.05, 0) is 25.2 Å². The molecule has 0 saturated heterocycles. The summed E-state index contributed by atoms with van der Waals surface area (Å²) in [6, 6.07) is -0.935. The molecule has 1 saturated carbocycles. The van der Waals surface area contributed by atoms with Crippen molar-refractivity contribution in [2.45, 2.75) is 70.6 Å². The fraction of sp³-hybridized carbons (Fsp3) is 0.875.